The Labute approximate surface area is 130 Å². The van der Waals surface area contributed by atoms with Gasteiger partial charge in [-0.15, -0.1) is 0 Å². The summed E-state index contributed by atoms with van der Waals surface area (Å²) in [6, 6.07) is 0. The number of rotatable bonds is 5. The Hall–Kier alpha value is 1.57. The normalized spacial score (nSPS) is 8.00. The van der Waals surface area contributed by atoms with Crippen LogP contribution < -0.4 is 0 Å². The molecule has 0 radical (unpaired) electrons. The fourth-order valence-corrected chi connectivity index (χ4v) is 0.685. The minimum Gasteiger partial charge on any atom is -0.327 e. The molecule has 0 rings (SSSR count). The van der Waals surface area contributed by atoms with Crippen molar-refractivity contribution in [3.05, 3.63) is 27.7 Å². The molecule has 0 N–H and O–H groups in total. The topological polar surface area (TPSA) is 6.25 Å². The quantitative estimate of drug-likeness (QED) is 0.188. The van der Waals surface area contributed by atoms with Crippen molar-refractivity contribution in [2.75, 3.05) is 26.2 Å². The zero-order chi connectivity index (χ0) is 8.69. The van der Waals surface area contributed by atoms with Crippen molar-refractivity contribution < 1.29 is 66.8 Å². The first kappa shape index (κ1) is 20.0. The second kappa shape index (κ2) is 13.6. The average Bonchev–Trinajstić information content (AvgIpc) is 2.07. The first-order valence-electron chi connectivity index (χ1n) is 3.78. The van der Waals surface area contributed by atoms with Crippen LogP contribution in [0, 0.1) is 89.9 Å². The summed E-state index contributed by atoms with van der Waals surface area (Å²) >= 11 is 0. The summed E-state index contributed by atoms with van der Waals surface area (Å²) in [7, 11) is 0. The molecule has 0 aliphatic rings. The number of hydrogen-bond donors (Lipinski definition) is 0. The third-order valence-electron chi connectivity index (χ3n) is 1.48. The smallest absolute Gasteiger partial charge is 0.327 e. The second-order valence-electron chi connectivity index (χ2n) is 2.19. The van der Waals surface area contributed by atoms with Crippen LogP contribution in [0.2, 0.25) is 0 Å². The molecule has 0 saturated carbocycles. The van der Waals surface area contributed by atoms with Gasteiger partial charge in [-0.3, -0.25) is 0 Å². The zero-order valence-electron chi connectivity index (χ0n) is 8.13. The van der Waals surface area contributed by atoms with Gasteiger partial charge in [0.1, 0.15) is 0 Å². The van der Waals surface area contributed by atoms with Gasteiger partial charge in [0.15, 0.2) is 0 Å². The van der Waals surface area contributed by atoms with Gasteiger partial charge in [0, 0.05) is 0 Å². The minimum atomic E-state index is 0. The van der Waals surface area contributed by atoms with E-state index in [2.05, 4.69) is 27.7 Å². The molecule has 0 aromatic carbocycles. The van der Waals surface area contributed by atoms with Crippen molar-refractivity contribution in [2.24, 2.45) is 0 Å². The predicted molar refractivity (Wildman–Crippen MR) is 49.1 cm³/mol. The van der Waals surface area contributed by atoms with Crippen molar-refractivity contribution in [3.8, 4) is 0 Å². The molecule has 2 nitrogen and oxygen atoms in total. The Morgan fingerprint density at radius 2 is 1.31 bits per heavy atom. The van der Waals surface area contributed by atoms with Gasteiger partial charge in [0.05, 0.1) is 0 Å². The van der Waals surface area contributed by atoms with E-state index in [0.717, 1.165) is 26.2 Å². The molecular formula is C9H17N2U2+. The van der Waals surface area contributed by atoms with Crippen LogP contribution in [0.3, 0.4) is 0 Å². The van der Waals surface area contributed by atoms with Crippen LogP contribution in [-0.4, -0.2) is 42.0 Å². The monoisotopic (exact) mass is 629 g/mol. The molecular weight excluding hydrogens is 612 g/mol. The van der Waals surface area contributed by atoms with E-state index < -0.39 is 0 Å². The molecule has 0 heterocycles. The Morgan fingerprint density at radius 1 is 0.923 bits per heavy atom. The van der Waals surface area contributed by atoms with E-state index in [1.807, 2.05) is 15.8 Å². The molecule has 0 bridgehead atoms. The van der Waals surface area contributed by atoms with Crippen LogP contribution in [0.4, 0.5) is 0 Å². The summed E-state index contributed by atoms with van der Waals surface area (Å²) < 4.78 is 2.01. The minimum absolute atomic E-state index is 0. The third kappa shape index (κ3) is 9.87. The summed E-state index contributed by atoms with van der Waals surface area (Å²) in [4.78, 5) is 2.01. The number of hydrogen-bond acceptors (Lipinski definition) is 0. The predicted octanol–water partition coefficient (Wildman–Crippen LogP) is 0.666. The molecule has 0 aliphatic heterocycles. The summed E-state index contributed by atoms with van der Waals surface area (Å²) in [6.07, 6.45) is 1.97. The number of nitrogens with zero attached hydrogens (tertiary/aromatic N) is 2. The SMILES string of the molecule is [CH2-]CN(C=[N+](C[CH2-])C[CH2-])C[CH2-].[U+2].[U+2]. The van der Waals surface area contributed by atoms with Crippen LogP contribution in [0.1, 0.15) is 0 Å². The maximum absolute atomic E-state index is 3.77. The van der Waals surface area contributed by atoms with Gasteiger partial charge < -0.3 is 37.2 Å². The van der Waals surface area contributed by atoms with Crippen molar-refractivity contribution in [1.82, 2.24) is 4.90 Å². The Bertz CT molecular complexity index is 117. The standard InChI is InChI=1S/C9H17N2.2U/c1-5-10(6-2)9-11(7-3)8-4;;/h9H,1-8H2;;/q-3;2*+2. The maximum atomic E-state index is 3.77. The molecule has 13 heavy (non-hydrogen) atoms. The van der Waals surface area contributed by atoms with Gasteiger partial charge in [0.2, 0.25) is 6.34 Å². The first-order chi connectivity index (χ1) is 5.28. The van der Waals surface area contributed by atoms with E-state index >= 15 is 0 Å². The van der Waals surface area contributed by atoms with E-state index in [-0.39, 0.29) is 62.2 Å². The van der Waals surface area contributed by atoms with Gasteiger partial charge in [-0.2, -0.15) is 0 Å². The van der Waals surface area contributed by atoms with E-state index in [4.69, 9.17) is 0 Å². The van der Waals surface area contributed by atoms with Crippen molar-refractivity contribution in [2.45, 2.75) is 0 Å². The molecule has 0 aromatic rings. The zero-order valence-corrected chi connectivity index (χ0v) is 16.5. The van der Waals surface area contributed by atoms with E-state index in [1.165, 1.54) is 0 Å². The van der Waals surface area contributed by atoms with Crippen LogP contribution in [-0.2, 0) is 0 Å². The van der Waals surface area contributed by atoms with E-state index in [0.29, 0.717) is 0 Å². The second-order valence-corrected chi connectivity index (χ2v) is 2.19. The molecule has 4 heteroatoms. The Kier molecular flexibility index (Phi) is 20.9. The summed E-state index contributed by atoms with van der Waals surface area (Å²) in [6.45, 7) is 18.0. The van der Waals surface area contributed by atoms with Gasteiger partial charge in [0.25, 0.3) is 0 Å². The van der Waals surface area contributed by atoms with E-state index in [1.54, 1.807) is 0 Å². The molecule has 0 aliphatic carbocycles. The van der Waals surface area contributed by atoms with Gasteiger partial charge >= 0.3 is 62.2 Å². The first-order valence-corrected chi connectivity index (χ1v) is 3.78. The van der Waals surface area contributed by atoms with Crippen LogP contribution in [0.25, 0.3) is 0 Å². The van der Waals surface area contributed by atoms with Crippen molar-refractivity contribution in [3.63, 3.8) is 0 Å². The molecule has 0 aromatic heterocycles. The molecule has 0 spiro atoms. The fraction of sp³-hybridized carbons (Fsp3) is 0.444. The average molecular weight is 629 g/mol. The fourth-order valence-electron chi connectivity index (χ4n) is 0.685. The maximum Gasteiger partial charge on any atom is 2.00 e. The largest absolute Gasteiger partial charge is 2.00 e. The van der Waals surface area contributed by atoms with Crippen molar-refractivity contribution >= 4 is 6.34 Å². The van der Waals surface area contributed by atoms with Gasteiger partial charge in [-0.25, -0.2) is 0 Å². The summed E-state index contributed by atoms with van der Waals surface area (Å²) in [5, 5.41) is 0. The molecule has 0 fully saturated rings. The summed E-state index contributed by atoms with van der Waals surface area (Å²) in [5.41, 5.74) is 0. The Balaban J connectivity index is -0.000000500. The van der Waals surface area contributed by atoms with Crippen molar-refractivity contribution in [1.29, 1.82) is 0 Å². The van der Waals surface area contributed by atoms with Crippen LogP contribution in [0.15, 0.2) is 0 Å². The van der Waals surface area contributed by atoms with Crippen LogP contribution in [0.5, 0.6) is 0 Å². The summed E-state index contributed by atoms with van der Waals surface area (Å²) in [5.74, 6) is 0. The Morgan fingerprint density at radius 3 is 1.54 bits per heavy atom. The van der Waals surface area contributed by atoms with Crippen LogP contribution >= 0.6 is 0 Å². The van der Waals surface area contributed by atoms with E-state index in [9.17, 15) is 0 Å². The van der Waals surface area contributed by atoms with Gasteiger partial charge in [-0.1, -0.05) is 0 Å². The molecule has 0 saturated heterocycles. The molecule has 0 atom stereocenters. The molecule has 0 unspecified atom stereocenters. The third-order valence-corrected chi connectivity index (χ3v) is 1.48. The molecule has 70 valence electrons. The molecule has 0 amide bonds. The van der Waals surface area contributed by atoms with Gasteiger partial charge in [-0.05, 0) is 26.2 Å².